The summed E-state index contributed by atoms with van der Waals surface area (Å²) in [6, 6.07) is 0. The summed E-state index contributed by atoms with van der Waals surface area (Å²) in [4.78, 5) is 23.8. The van der Waals surface area contributed by atoms with Crippen LogP contribution in [-0.2, 0) is 14.3 Å². The van der Waals surface area contributed by atoms with E-state index in [4.69, 9.17) is 0 Å². The Labute approximate surface area is 84.4 Å². The summed E-state index contributed by atoms with van der Waals surface area (Å²) >= 11 is 0. The van der Waals surface area contributed by atoms with Gasteiger partial charge in [-0.15, -0.1) is 0 Å². The van der Waals surface area contributed by atoms with Crippen LogP contribution in [-0.4, -0.2) is 51.1 Å². The van der Waals surface area contributed by atoms with Crippen LogP contribution in [0.25, 0.3) is 0 Å². The lowest BCUT2D eigenvalue weighted by atomic mass is 10.1. The van der Waals surface area contributed by atoms with Crippen molar-refractivity contribution in [2.24, 2.45) is 5.92 Å². The first-order valence-electron chi connectivity index (χ1n) is 4.48. The van der Waals surface area contributed by atoms with Gasteiger partial charge in [0.2, 0.25) is 5.91 Å². The molecule has 82 valence electrons. The summed E-state index contributed by atoms with van der Waals surface area (Å²) in [6.45, 7) is 2.55. The maximum Gasteiger partial charge on any atom is 0.319 e. The molecule has 0 rings (SSSR count). The van der Waals surface area contributed by atoms with Crippen LogP contribution in [0.15, 0.2) is 0 Å². The Hall–Kier alpha value is -1.10. The van der Waals surface area contributed by atoms with E-state index >= 15 is 0 Å². The fourth-order valence-electron chi connectivity index (χ4n) is 1.15. The third kappa shape index (κ3) is 4.81. The molecule has 0 aromatic rings. The van der Waals surface area contributed by atoms with E-state index in [1.807, 2.05) is 6.92 Å². The SMILES string of the molecule is CNC(=O)C(C)CN(C)CC(=O)OC. The summed E-state index contributed by atoms with van der Waals surface area (Å²) in [6.07, 6.45) is 0. The maximum absolute atomic E-state index is 11.1. The van der Waals surface area contributed by atoms with Crippen molar-refractivity contribution in [3.63, 3.8) is 0 Å². The summed E-state index contributed by atoms with van der Waals surface area (Å²) in [5.41, 5.74) is 0. The van der Waals surface area contributed by atoms with Gasteiger partial charge in [-0.1, -0.05) is 6.92 Å². The second-order valence-electron chi connectivity index (χ2n) is 3.29. The Bertz CT molecular complexity index is 206. The first kappa shape index (κ1) is 12.9. The van der Waals surface area contributed by atoms with Crippen LogP contribution >= 0.6 is 0 Å². The minimum atomic E-state index is -0.295. The van der Waals surface area contributed by atoms with Gasteiger partial charge < -0.3 is 10.1 Å². The third-order valence-corrected chi connectivity index (χ3v) is 1.91. The fraction of sp³-hybridized carbons (Fsp3) is 0.778. The van der Waals surface area contributed by atoms with Gasteiger partial charge in [0, 0.05) is 19.5 Å². The molecule has 0 spiro atoms. The van der Waals surface area contributed by atoms with Crippen LogP contribution in [0.1, 0.15) is 6.92 Å². The molecule has 0 fully saturated rings. The Morgan fingerprint density at radius 1 is 1.50 bits per heavy atom. The van der Waals surface area contributed by atoms with E-state index in [1.165, 1.54) is 7.11 Å². The van der Waals surface area contributed by atoms with Crippen LogP contribution in [0.2, 0.25) is 0 Å². The van der Waals surface area contributed by atoms with E-state index in [0.717, 1.165) is 0 Å². The molecule has 1 unspecified atom stereocenters. The molecule has 0 saturated heterocycles. The number of nitrogens with zero attached hydrogens (tertiary/aromatic N) is 1. The topological polar surface area (TPSA) is 58.6 Å². The number of esters is 1. The number of ether oxygens (including phenoxy) is 1. The van der Waals surface area contributed by atoms with E-state index in [9.17, 15) is 9.59 Å². The highest BCUT2D eigenvalue weighted by Gasteiger charge is 2.15. The van der Waals surface area contributed by atoms with Crippen LogP contribution in [0.5, 0.6) is 0 Å². The van der Waals surface area contributed by atoms with Gasteiger partial charge in [-0.3, -0.25) is 14.5 Å². The monoisotopic (exact) mass is 202 g/mol. The predicted octanol–water partition coefficient (Wildman–Crippen LogP) is -0.527. The van der Waals surface area contributed by atoms with E-state index in [-0.39, 0.29) is 24.3 Å². The zero-order valence-corrected chi connectivity index (χ0v) is 9.16. The van der Waals surface area contributed by atoms with E-state index in [1.54, 1.807) is 19.0 Å². The minimum Gasteiger partial charge on any atom is -0.468 e. The first-order chi connectivity index (χ1) is 6.51. The molecule has 5 heteroatoms. The fourth-order valence-corrected chi connectivity index (χ4v) is 1.15. The van der Waals surface area contributed by atoms with Crippen molar-refractivity contribution in [3.05, 3.63) is 0 Å². The van der Waals surface area contributed by atoms with Crippen LogP contribution in [0.3, 0.4) is 0 Å². The number of rotatable bonds is 5. The second-order valence-corrected chi connectivity index (χ2v) is 3.29. The van der Waals surface area contributed by atoms with Gasteiger partial charge in [0.25, 0.3) is 0 Å². The number of methoxy groups -OCH3 is 1. The molecule has 5 nitrogen and oxygen atoms in total. The number of carbonyl (C=O) groups excluding carboxylic acids is 2. The van der Waals surface area contributed by atoms with Gasteiger partial charge in [0.05, 0.1) is 13.7 Å². The van der Waals surface area contributed by atoms with Crippen LogP contribution in [0.4, 0.5) is 0 Å². The molecule has 0 aromatic carbocycles. The molecule has 1 amide bonds. The Morgan fingerprint density at radius 3 is 2.50 bits per heavy atom. The van der Waals surface area contributed by atoms with Crippen molar-refractivity contribution in [1.82, 2.24) is 10.2 Å². The van der Waals surface area contributed by atoms with Gasteiger partial charge in [-0.2, -0.15) is 0 Å². The molecule has 0 radical (unpaired) electrons. The molecule has 0 aliphatic carbocycles. The molecule has 0 aromatic heterocycles. The van der Waals surface area contributed by atoms with Crippen molar-refractivity contribution < 1.29 is 14.3 Å². The minimum absolute atomic E-state index is 0.0262. The normalized spacial score (nSPS) is 12.4. The van der Waals surface area contributed by atoms with Crippen LogP contribution < -0.4 is 5.32 Å². The van der Waals surface area contributed by atoms with Crippen molar-refractivity contribution in [2.75, 3.05) is 34.3 Å². The summed E-state index contributed by atoms with van der Waals surface area (Å²) in [5.74, 6) is -0.451. The van der Waals surface area contributed by atoms with Crippen LogP contribution in [0, 0.1) is 5.92 Å². The average Bonchev–Trinajstić information content (AvgIpc) is 2.15. The van der Waals surface area contributed by atoms with Crippen molar-refractivity contribution in [2.45, 2.75) is 6.92 Å². The molecular weight excluding hydrogens is 184 g/mol. The van der Waals surface area contributed by atoms with E-state index in [2.05, 4.69) is 10.1 Å². The van der Waals surface area contributed by atoms with E-state index < -0.39 is 0 Å². The number of likely N-dealkylation sites (N-methyl/N-ethyl adjacent to an activating group) is 1. The smallest absolute Gasteiger partial charge is 0.319 e. The third-order valence-electron chi connectivity index (χ3n) is 1.91. The molecule has 0 aliphatic rings. The van der Waals surface area contributed by atoms with Crippen molar-refractivity contribution in [3.8, 4) is 0 Å². The van der Waals surface area contributed by atoms with Gasteiger partial charge in [-0.25, -0.2) is 0 Å². The molecule has 1 N–H and O–H groups in total. The average molecular weight is 202 g/mol. The van der Waals surface area contributed by atoms with Crippen molar-refractivity contribution >= 4 is 11.9 Å². The number of nitrogens with one attached hydrogen (secondary N) is 1. The molecule has 0 aliphatic heterocycles. The molecular formula is C9H18N2O3. The van der Waals surface area contributed by atoms with E-state index in [0.29, 0.717) is 6.54 Å². The van der Waals surface area contributed by atoms with Gasteiger partial charge >= 0.3 is 5.97 Å². The van der Waals surface area contributed by atoms with Gasteiger partial charge in [0.1, 0.15) is 0 Å². The quantitative estimate of drug-likeness (QED) is 0.609. The molecule has 0 heterocycles. The predicted molar refractivity (Wildman–Crippen MR) is 52.7 cm³/mol. The highest BCUT2D eigenvalue weighted by atomic mass is 16.5. The maximum atomic E-state index is 11.1. The highest BCUT2D eigenvalue weighted by Crippen LogP contribution is 1.97. The zero-order chi connectivity index (χ0) is 11.1. The van der Waals surface area contributed by atoms with Gasteiger partial charge in [-0.05, 0) is 7.05 Å². The zero-order valence-electron chi connectivity index (χ0n) is 9.16. The Balaban J connectivity index is 3.87. The lowest BCUT2D eigenvalue weighted by Crippen LogP contribution is -2.36. The Morgan fingerprint density at radius 2 is 2.07 bits per heavy atom. The van der Waals surface area contributed by atoms with Gasteiger partial charge in [0.15, 0.2) is 0 Å². The highest BCUT2D eigenvalue weighted by molar-refractivity contribution is 5.78. The largest absolute Gasteiger partial charge is 0.468 e. The first-order valence-corrected chi connectivity index (χ1v) is 4.48. The lowest BCUT2D eigenvalue weighted by Gasteiger charge is -2.18. The summed E-state index contributed by atoms with van der Waals surface area (Å²) in [5, 5.41) is 2.56. The summed E-state index contributed by atoms with van der Waals surface area (Å²) in [7, 11) is 4.72. The molecule has 0 saturated carbocycles. The van der Waals surface area contributed by atoms with Crippen molar-refractivity contribution in [1.29, 1.82) is 0 Å². The molecule has 14 heavy (non-hydrogen) atoms. The Kier molecular flexibility index (Phi) is 5.87. The standard InChI is InChI=1S/C9H18N2O3/c1-7(9(13)10-2)5-11(3)6-8(12)14-4/h7H,5-6H2,1-4H3,(H,10,13). The molecule has 1 atom stereocenters. The number of hydrogen-bond donors (Lipinski definition) is 1. The molecule has 0 bridgehead atoms. The number of hydrogen-bond acceptors (Lipinski definition) is 4. The number of carbonyl (C=O) groups is 2. The number of amides is 1. The lowest BCUT2D eigenvalue weighted by molar-refractivity contribution is -0.142. The summed E-state index contributed by atoms with van der Waals surface area (Å²) < 4.78 is 4.51. The second kappa shape index (κ2) is 6.37.